The van der Waals surface area contributed by atoms with Crippen LogP contribution in [0.2, 0.25) is 0 Å². The average Bonchev–Trinajstić information content (AvgIpc) is 2.85. The van der Waals surface area contributed by atoms with E-state index in [0.717, 1.165) is 53.4 Å². The fourth-order valence-electron chi connectivity index (χ4n) is 2.97. The molecule has 2 aromatic heterocycles. The standard InChI is InChI=1S/C16H22N2OS2/c1-3-5-10-18-15(19)13-11-8-6-7-9-12(11)21-14(13)17-16(18)20-4-2/h3-10H2,1-2H3. The molecule has 0 radical (unpaired) electrons. The quantitative estimate of drug-likeness (QED) is 0.610. The molecule has 0 aromatic carbocycles. The summed E-state index contributed by atoms with van der Waals surface area (Å²) in [5.74, 6) is 0.954. The molecule has 2 aromatic rings. The normalized spacial score (nSPS) is 14.6. The lowest BCUT2D eigenvalue weighted by Crippen LogP contribution is -2.24. The smallest absolute Gasteiger partial charge is 0.263 e. The minimum absolute atomic E-state index is 0.198. The Hall–Kier alpha value is -0.810. The van der Waals surface area contributed by atoms with E-state index < -0.39 is 0 Å². The van der Waals surface area contributed by atoms with Crippen molar-refractivity contribution in [1.29, 1.82) is 0 Å². The molecule has 3 rings (SSSR count). The van der Waals surface area contributed by atoms with E-state index in [1.165, 1.54) is 23.3 Å². The van der Waals surface area contributed by atoms with Crippen LogP contribution in [0, 0.1) is 0 Å². The highest BCUT2D eigenvalue weighted by Gasteiger charge is 2.21. The zero-order valence-electron chi connectivity index (χ0n) is 12.8. The molecule has 0 fully saturated rings. The maximum absolute atomic E-state index is 13.0. The lowest BCUT2D eigenvalue weighted by Gasteiger charge is -2.12. The van der Waals surface area contributed by atoms with Crippen molar-refractivity contribution in [3.63, 3.8) is 0 Å². The summed E-state index contributed by atoms with van der Waals surface area (Å²) >= 11 is 3.43. The molecule has 1 aliphatic carbocycles. The molecule has 0 atom stereocenters. The molecule has 1 aliphatic rings. The first-order chi connectivity index (χ1) is 10.3. The summed E-state index contributed by atoms with van der Waals surface area (Å²) in [6.07, 6.45) is 6.78. The molecule has 21 heavy (non-hydrogen) atoms. The third-order valence-corrected chi connectivity index (χ3v) is 6.09. The van der Waals surface area contributed by atoms with Crippen LogP contribution >= 0.6 is 23.1 Å². The Morgan fingerprint density at radius 1 is 1.29 bits per heavy atom. The Kier molecular flexibility index (Phi) is 4.69. The fraction of sp³-hybridized carbons (Fsp3) is 0.625. The van der Waals surface area contributed by atoms with Crippen molar-refractivity contribution in [3.05, 3.63) is 20.8 Å². The first-order valence-corrected chi connectivity index (χ1v) is 9.74. The molecule has 2 heterocycles. The molecule has 0 bridgehead atoms. The first-order valence-electron chi connectivity index (χ1n) is 7.94. The van der Waals surface area contributed by atoms with Gasteiger partial charge in [0.2, 0.25) is 0 Å². The van der Waals surface area contributed by atoms with E-state index in [1.807, 2.05) is 4.57 Å². The Labute approximate surface area is 133 Å². The summed E-state index contributed by atoms with van der Waals surface area (Å²) in [6.45, 7) is 5.08. The van der Waals surface area contributed by atoms with Gasteiger partial charge in [0.1, 0.15) is 4.83 Å². The van der Waals surface area contributed by atoms with E-state index in [-0.39, 0.29) is 5.56 Å². The van der Waals surface area contributed by atoms with Crippen LogP contribution in [-0.4, -0.2) is 15.3 Å². The van der Waals surface area contributed by atoms with Gasteiger partial charge in [0.25, 0.3) is 5.56 Å². The molecular formula is C16H22N2OS2. The molecule has 3 nitrogen and oxygen atoms in total. The Balaban J connectivity index is 2.19. The molecule has 0 saturated heterocycles. The van der Waals surface area contributed by atoms with Crippen molar-refractivity contribution in [2.45, 2.75) is 64.1 Å². The van der Waals surface area contributed by atoms with Gasteiger partial charge in [-0.2, -0.15) is 0 Å². The Morgan fingerprint density at radius 3 is 2.86 bits per heavy atom. The predicted molar refractivity (Wildman–Crippen MR) is 91.8 cm³/mol. The average molecular weight is 322 g/mol. The van der Waals surface area contributed by atoms with Crippen LogP contribution in [0.15, 0.2) is 9.95 Å². The lowest BCUT2D eigenvalue weighted by molar-refractivity contribution is 0.558. The van der Waals surface area contributed by atoms with Crippen molar-refractivity contribution in [2.24, 2.45) is 0 Å². The number of aryl methyl sites for hydroxylation is 2. The van der Waals surface area contributed by atoms with Crippen molar-refractivity contribution >= 4 is 33.3 Å². The summed E-state index contributed by atoms with van der Waals surface area (Å²) in [7, 11) is 0. The van der Waals surface area contributed by atoms with Gasteiger partial charge in [-0.1, -0.05) is 32.0 Å². The zero-order chi connectivity index (χ0) is 14.8. The largest absolute Gasteiger partial charge is 0.287 e. The summed E-state index contributed by atoms with van der Waals surface area (Å²) in [5, 5.41) is 1.83. The second-order valence-corrected chi connectivity index (χ2v) is 7.84. The van der Waals surface area contributed by atoms with Gasteiger partial charge in [0.15, 0.2) is 5.16 Å². The van der Waals surface area contributed by atoms with Gasteiger partial charge >= 0.3 is 0 Å². The maximum Gasteiger partial charge on any atom is 0.263 e. The first kappa shape index (κ1) is 15.1. The number of hydrogen-bond acceptors (Lipinski definition) is 4. The Bertz CT molecular complexity index is 702. The molecule has 0 aliphatic heterocycles. The lowest BCUT2D eigenvalue weighted by atomic mass is 9.97. The second kappa shape index (κ2) is 6.53. The number of nitrogens with zero attached hydrogens (tertiary/aromatic N) is 2. The summed E-state index contributed by atoms with van der Waals surface area (Å²) in [5.41, 5.74) is 1.50. The van der Waals surface area contributed by atoms with Gasteiger partial charge in [-0.3, -0.25) is 9.36 Å². The zero-order valence-corrected chi connectivity index (χ0v) is 14.4. The van der Waals surface area contributed by atoms with Crippen LogP contribution in [-0.2, 0) is 19.4 Å². The Morgan fingerprint density at radius 2 is 2.10 bits per heavy atom. The summed E-state index contributed by atoms with van der Waals surface area (Å²) < 4.78 is 1.92. The van der Waals surface area contributed by atoms with Gasteiger partial charge in [0, 0.05) is 11.4 Å². The number of thioether (sulfide) groups is 1. The van der Waals surface area contributed by atoms with Crippen LogP contribution in [0.5, 0.6) is 0 Å². The van der Waals surface area contributed by atoms with Crippen LogP contribution in [0.3, 0.4) is 0 Å². The van der Waals surface area contributed by atoms with E-state index in [1.54, 1.807) is 23.1 Å². The molecule has 0 amide bonds. The minimum atomic E-state index is 0.198. The van der Waals surface area contributed by atoms with E-state index >= 15 is 0 Å². The number of unbranched alkanes of at least 4 members (excludes halogenated alkanes) is 1. The van der Waals surface area contributed by atoms with Crippen molar-refractivity contribution in [1.82, 2.24) is 9.55 Å². The van der Waals surface area contributed by atoms with Gasteiger partial charge in [-0.15, -0.1) is 11.3 Å². The highest BCUT2D eigenvalue weighted by atomic mass is 32.2. The minimum Gasteiger partial charge on any atom is -0.287 e. The maximum atomic E-state index is 13.0. The highest BCUT2D eigenvalue weighted by Crippen LogP contribution is 2.34. The molecule has 0 unspecified atom stereocenters. The number of thiophene rings is 1. The topological polar surface area (TPSA) is 34.9 Å². The van der Waals surface area contributed by atoms with Crippen molar-refractivity contribution in [3.8, 4) is 0 Å². The van der Waals surface area contributed by atoms with Gasteiger partial charge in [0.05, 0.1) is 5.39 Å². The number of aromatic nitrogens is 2. The van der Waals surface area contributed by atoms with E-state index in [2.05, 4.69) is 13.8 Å². The molecule has 0 saturated carbocycles. The van der Waals surface area contributed by atoms with E-state index in [0.29, 0.717) is 0 Å². The molecular weight excluding hydrogens is 300 g/mol. The van der Waals surface area contributed by atoms with Crippen LogP contribution in [0.4, 0.5) is 0 Å². The van der Waals surface area contributed by atoms with Gasteiger partial charge in [-0.25, -0.2) is 4.98 Å². The predicted octanol–water partition coefficient (Wildman–Crippen LogP) is 4.25. The molecule has 5 heteroatoms. The van der Waals surface area contributed by atoms with E-state index in [4.69, 9.17) is 4.98 Å². The van der Waals surface area contributed by atoms with Crippen molar-refractivity contribution < 1.29 is 0 Å². The third kappa shape index (κ3) is 2.78. The highest BCUT2D eigenvalue weighted by molar-refractivity contribution is 7.99. The van der Waals surface area contributed by atoms with E-state index in [9.17, 15) is 4.79 Å². The fourth-order valence-corrected chi connectivity index (χ4v) is 5.03. The summed E-state index contributed by atoms with van der Waals surface area (Å²) in [6, 6.07) is 0. The number of hydrogen-bond donors (Lipinski definition) is 0. The van der Waals surface area contributed by atoms with Crippen LogP contribution < -0.4 is 5.56 Å². The van der Waals surface area contributed by atoms with Crippen LogP contribution in [0.25, 0.3) is 10.2 Å². The summed E-state index contributed by atoms with van der Waals surface area (Å²) in [4.78, 5) is 20.2. The monoisotopic (exact) mass is 322 g/mol. The SMILES string of the molecule is CCCCn1c(SCC)nc2sc3c(c2c1=O)CCCC3. The third-order valence-electron chi connectivity index (χ3n) is 4.05. The van der Waals surface area contributed by atoms with Gasteiger partial charge < -0.3 is 0 Å². The van der Waals surface area contributed by atoms with Gasteiger partial charge in [-0.05, 0) is 43.4 Å². The second-order valence-electron chi connectivity index (χ2n) is 5.53. The number of fused-ring (bicyclic) bond motifs is 3. The molecule has 0 N–H and O–H groups in total. The van der Waals surface area contributed by atoms with Crippen LogP contribution in [0.1, 0.15) is 50.0 Å². The molecule has 0 spiro atoms. The number of rotatable bonds is 5. The molecule has 114 valence electrons. The van der Waals surface area contributed by atoms with Crippen molar-refractivity contribution in [2.75, 3.05) is 5.75 Å².